The van der Waals surface area contributed by atoms with E-state index in [-0.39, 0.29) is 17.9 Å². The summed E-state index contributed by atoms with van der Waals surface area (Å²) in [5, 5.41) is 2.86. The number of ether oxygens (including phenoxy) is 2. The Morgan fingerprint density at radius 1 is 1.35 bits per heavy atom. The lowest BCUT2D eigenvalue weighted by Gasteiger charge is -2.37. The summed E-state index contributed by atoms with van der Waals surface area (Å²) in [5.74, 6) is -0.0780. The van der Waals surface area contributed by atoms with Crippen molar-refractivity contribution in [2.45, 2.75) is 51.7 Å². The van der Waals surface area contributed by atoms with Gasteiger partial charge in [-0.25, -0.2) is 0 Å². The van der Waals surface area contributed by atoms with Crippen molar-refractivity contribution < 1.29 is 19.1 Å². The minimum Gasteiger partial charge on any atom is -0.379 e. The molecular formula is C16H31N3O4. The van der Waals surface area contributed by atoms with Gasteiger partial charge in [-0.05, 0) is 33.1 Å². The number of rotatable bonds is 10. The highest BCUT2D eigenvalue weighted by molar-refractivity contribution is 5.81. The minimum absolute atomic E-state index is 0.0146. The fourth-order valence-electron chi connectivity index (χ4n) is 2.69. The molecule has 0 aliphatic carbocycles. The number of nitrogens with one attached hydrogen (secondary N) is 1. The molecule has 7 nitrogen and oxygen atoms in total. The highest BCUT2D eigenvalue weighted by atomic mass is 16.5. The predicted octanol–water partition coefficient (Wildman–Crippen LogP) is 0.274. The number of amides is 2. The van der Waals surface area contributed by atoms with Crippen LogP contribution in [0.2, 0.25) is 0 Å². The Kier molecular flexibility index (Phi) is 9.82. The summed E-state index contributed by atoms with van der Waals surface area (Å²) in [7, 11) is 0. The van der Waals surface area contributed by atoms with Crippen molar-refractivity contribution in [1.29, 1.82) is 0 Å². The summed E-state index contributed by atoms with van der Waals surface area (Å²) in [5.41, 5.74) is 5.37. The molecule has 0 spiro atoms. The third kappa shape index (κ3) is 7.28. The van der Waals surface area contributed by atoms with E-state index in [0.29, 0.717) is 39.3 Å². The van der Waals surface area contributed by atoms with E-state index in [9.17, 15) is 9.59 Å². The van der Waals surface area contributed by atoms with Crippen LogP contribution in [0.5, 0.6) is 0 Å². The van der Waals surface area contributed by atoms with Crippen LogP contribution < -0.4 is 11.1 Å². The molecule has 0 aromatic carbocycles. The molecule has 0 aromatic heterocycles. The molecule has 1 fully saturated rings. The summed E-state index contributed by atoms with van der Waals surface area (Å²) in [6, 6.07) is 0.0379. The molecule has 23 heavy (non-hydrogen) atoms. The van der Waals surface area contributed by atoms with Crippen LogP contribution in [-0.2, 0) is 19.1 Å². The van der Waals surface area contributed by atoms with Crippen LogP contribution in [0.1, 0.15) is 39.5 Å². The topological polar surface area (TPSA) is 93.9 Å². The van der Waals surface area contributed by atoms with E-state index < -0.39 is 6.10 Å². The molecule has 0 bridgehead atoms. The first kappa shape index (κ1) is 19.9. The van der Waals surface area contributed by atoms with E-state index in [1.54, 1.807) is 6.92 Å². The molecule has 2 atom stereocenters. The van der Waals surface area contributed by atoms with E-state index in [0.717, 1.165) is 25.8 Å². The maximum Gasteiger partial charge on any atom is 0.251 e. The van der Waals surface area contributed by atoms with E-state index in [1.807, 2.05) is 11.8 Å². The van der Waals surface area contributed by atoms with Crippen molar-refractivity contribution in [2.24, 2.45) is 5.73 Å². The molecule has 1 heterocycles. The second kappa shape index (κ2) is 11.4. The first-order valence-corrected chi connectivity index (χ1v) is 8.56. The van der Waals surface area contributed by atoms with E-state index >= 15 is 0 Å². The van der Waals surface area contributed by atoms with Gasteiger partial charge in [-0.2, -0.15) is 0 Å². The van der Waals surface area contributed by atoms with Gasteiger partial charge in [0.1, 0.15) is 6.10 Å². The molecule has 3 N–H and O–H groups in total. The zero-order valence-corrected chi connectivity index (χ0v) is 14.4. The smallest absolute Gasteiger partial charge is 0.251 e. The van der Waals surface area contributed by atoms with Gasteiger partial charge >= 0.3 is 0 Å². The molecule has 0 saturated carbocycles. The summed E-state index contributed by atoms with van der Waals surface area (Å²) >= 11 is 0. The fourth-order valence-corrected chi connectivity index (χ4v) is 2.69. The minimum atomic E-state index is -0.490. The largest absolute Gasteiger partial charge is 0.379 e. The van der Waals surface area contributed by atoms with E-state index in [4.69, 9.17) is 15.2 Å². The Morgan fingerprint density at radius 2 is 2.13 bits per heavy atom. The molecule has 7 heteroatoms. The Morgan fingerprint density at radius 3 is 2.83 bits per heavy atom. The zero-order valence-electron chi connectivity index (χ0n) is 14.4. The average molecular weight is 329 g/mol. The van der Waals surface area contributed by atoms with Gasteiger partial charge in [-0.1, -0.05) is 0 Å². The Balaban J connectivity index is 2.45. The zero-order chi connectivity index (χ0) is 17.1. The lowest BCUT2D eigenvalue weighted by atomic mass is 10.0. The number of piperidine rings is 1. The fraction of sp³-hybridized carbons (Fsp3) is 0.875. The molecule has 0 radical (unpaired) electrons. The molecular weight excluding hydrogens is 298 g/mol. The summed E-state index contributed by atoms with van der Waals surface area (Å²) in [6.07, 6.45) is 2.79. The summed E-state index contributed by atoms with van der Waals surface area (Å²) in [6.45, 7) is 6.77. The molecule has 134 valence electrons. The highest BCUT2D eigenvalue weighted by Gasteiger charge is 2.30. The normalized spacial score (nSPS) is 19.4. The third-order valence-corrected chi connectivity index (χ3v) is 3.96. The maximum atomic E-state index is 12.6. The number of hydrogen-bond donors (Lipinski definition) is 2. The molecule has 1 aliphatic heterocycles. The highest BCUT2D eigenvalue weighted by Crippen LogP contribution is 2.18. The molecule has 1 rings (SSSR count). The standard InChI is InChI=1S/C16H31N3O4/c1-3-22-10-11-23-13(2)16(21)19-9-5-4-6-14(19)12-18-15(20)7-8-17/h13-14H,3-12,17H2,1-2H3,(H,18,20). The Bertz CT molecular complexity index is 365. The quantitative estimate of drug-likeness (QED) is 0.561. The van der Waals surface area contributed by atoms with Crippen molar-refractivity contribution in [1.82, 2.24) is 10.2 Å². The molecule has 2 amide bonds. The second-order valence-electron chi connectivity index (χ2n) is 5.73. The van der Waals surface area contributed by atoms with Crippen molar-refractivity contribution in [3.8, 4) is 0 Å². The van der Waals surface area contributed by atoms with Crippen molar-refractivity contribution in [3.05, 3.63) is 0 Å². The predicted molar refractivity (Wildman–Crippen MR) is 87.9 cm³/mol. The van der Waals surface area contributed by atoms with Crippen molar-refractivity contribution >= 4 is 11.8 Å². The van der Waals surface area contributed by atoms with Crippen LogP contribution in [0.4, 0.5) is 0 Å². The second-order valence-corrected chi connectivity index (χ2v) is 5.73. The molecule has 1 saturated heterocycles. The van der Waals surface area contributed by atoms with Crippen LogP contribution in [0.3, 0.4) is 0 Å². The van der Waals surface area contributed by atoms with Gasteiger partial charge in [-0.3, -0.25) is 9.59 Å². The lowest BCUT2D eigenvalue weighted by molar-refractivity contribution is -0.147. The van der Waals surface area contributed by atoms with Crippen LogP contribution in [0.25, 0.3) is 0 Å². The van der Waals surface area contributed by atoms with Crippen LogP contribution >= 0.6 is 0 Å². The number of hydrogen-bond acceptors (Lipinski definition) is 5. The molecule has 2 unspecified atom stereocenters. The first-order valence-electron chi connectivity index (χ1n) is 8.56. The first-order chi connectivity index (χ1) is 11.1. The van der Waals surface area contributed by atoms with Gasteiger partial charge in [0.25, 0.3) is 5.91 Å². The SMILES string of the molecule is CCOCCOC(C)C(=O)N1CCCCC1CNC(=O)CCN. The lowest BCUT2D eigenvalue weighted by Crippen LogP contribution is -2.52. The molecule has 1 aliphatic rings. The van der Waals surface area contributed by atoms with Crippen LogP contribution in [0, 0.1) is 0 Å². The number of carbonyl (C=O) groups is 2. The summed E-state index contributed by atoms with van der Waals surface area (Å²) < 4.78 is 10.8. The molecule has 0 aromatic rings. The number of nitrogens with two attached hydrogens (primary N) is 1. The maximum absolute atomic E-state index is 12.6. The van der Waals surface area contributed by atoms with Gasteiger partial charge in [0.05, 0.1) is 13.2 Å². The van der Waals surface area contributed by atoms with E-state index in [1.165, 1.54) is 0 Å². The van der Waals surface area contributed by atoms with Gasteiger partial charge in [0.15, 0.2) is 0 Å². The number of nitrogens with zero attached hydrogens (tertiary/aromatic N) is 1. The van der Waals surface area contributed by atoms with Crippen LogP contribution in [0.15, 0.2) is 0 Å². The average Bonchev–Trinajstić information content (AvgIpc) is 2.56. The third-order valence-electron chi connectivity index (χ3n) is 3.96. The Labute approximate surface area is 138 Å². The monoisotopic (exact) mass is 329 g/mol. The van der Waals surface area contributed by atoms with Gasteiger partial charge < -0.3 is 25.4 Å². The number of carbonyl (C=O) groups excluding carboxylic acids is 2. The van der Waals surface area contributed by atoms with Crippen molar-refractivity contribution in [2.75, 3.05) is 39.5 Å². The van der Waals surface area contributed by atoms with Gasteiger partial charge in [-0.15, -0.1) is 0 Å². The van der Waals surface area contributed by atoms with Gasteiger partial charge in [0, 0.05) is 38.7 Å². The van der Waals surface area contributed by atoms with Crippen LogP contribution in [-0.4, -0.2) is 68.3 Å². The van der Waals surface area contributed by atoms with E-state index in [2.05, 4.69) is 5.32 Å². The summed E-state index contributed by atoms with van der Waals surface area (Å²) in [4.78, 5) is 26.0. The Hall–Kier alpha value is -1.18. The van der Waals surface area contributed by atoms with Gasteiger partial charge in [0.2, 0.25) is 5.91 Å². The van der Waals surface area contributed by atoms with Crippen molar-refractivity contribution in [3.63, 3.8) is 0 Å². The number of likely N-dealkylation sites (tertiary alicyclic amines) is 1.